The molecule has 1 N–H and O–H groups in total. The van der Waals surface area contributed by atoms with E-state index in [1.807, 2.05) is 0 Å². The minimum Gasteiger partial charge on any atom is -0.488 e. The molecule has 1 aliphatic heterocycles. The number of hydrogen-bond acceptors (Lipinski definition) is 3. The van der Waals surface area contributed by atoms with E-state index in [0.717, 1.165) is 9.37 Å². The van der Waals surface area contributed by atoms with Gasteiger partial charge in [-0.25, -0.2) is 13.6 Å². The summed E-state index contributed by atoms with van der Waals surface area (Å²) in [7, 11) is 0. The number of nitrogens with zero attached hydrogens (tertiary/aromatic N) is 1. The first-order valence-electron chi connectivity index (χ1n) is 9.66. The van der Waals surface area contributed by atoms with Crippen LogP contribution in [0.25, 0.3) is 6.08 Å². The number of rotatable bonds is 6. The summed E-state index contributed by atoms with van der Waals surface area (Å²) >= 11 is 3.38. The van der Waals surface area contributed by atoms with Gasteiger partial charge in [0.1, 0.15) is 29.7 Å². The molecular formula is C24H17BrF2N2O3. The molecule has 32 heavy (non-hydrogen) atoms. The van der Waals surface area contributed by atoms with Crippen LogP contribution in [-0.4, -0.2) is 16.8 Å². The lowest BCUT2D eigenvalue weighted by Gasteiger charge is -2.12. The van der Waals surface area contributed by atoms with Crippen LogP contribution in [0.15, 0.2) is 76.9 Å². The molecule has 0 radical (unpaired) electrons. The molecule has 0 atom stereocenters. The molecule has 3 amide bonds. The highest BCUT2D eigenvalue weighted by atomic mass is 79.9. The standard InChI is InChI=1S/C24H17BrF2N2O3/c25-18-9-10-22(32-14-16-6-2-4-8-20(16)27)17(11-18)12-21-23(30)29(24(31)28-21)13-15-5-1-3-7-19(15)26/h1-12H,13-14H2,(H,28,31)/b21-12+. The largest absolute Gasteiger partial charge is 0.488 e. The predicted molar refractivity (Wildman–Crippen MR) is 118 cm³/mol. The van der Waals surface area contributed by atoms with E-state index in [1.54, 1.807) is 42.5 Å². The summed E-state index contributed by atoms with van der Waals surface area (Å²) in [5.74, 6) is -1.07. The molecular weight excluding hydrogens is 482 g/mol. The molecule has 8 heteroatoms. The fourth-order valence-corrected chi connectivity index (χ4v) is 3.58. The Balaban J connectivity index is 1.57. The lowest BCUT2D eigenvalue weighted by molar-refractivity contribution is -0.123. The fourth-order valence-electron chi connectivity index (χ4n) is 3.20. The van der Waals surface area contributed by atoms with Gasteiger partial charge in [-0.2, -0.15) is 0 Å². The van der Waals surface area contributed by atoms with Crippen molar-refractivity contribution in [2.45, 2.75) is 13.2 Å². The van der Waals surface area contributed by atoms with Crippen molar-refractivity contribution in [3.63, 3.8) is 0 Å². The Hall–Kier alpha value is -3.52. The number of nitrogens with one attached hydrogen (secondary N) is 1. The van der Waals surface area contributed by atoms with Gasteiger partial charge in [0.15, 0.2) is 0 Å². The van der Waals surface area contributed by atoms with Gasteiger partial charge in [-0.1, -0.05) is 52.3 Å². The molecule has 0 aromatic heterocycles. The van der Waals surface area contributed by atoms with Gasteiger partial charge in [-0.05, 0) is 36.4 Å². The fraction of sp³-hybridized carbons (Fsp3) is 0.0833. The first-order chi connectivity index (χ1) is 15.4. The SMILES string of the molecule is O=C1N/C(=C/c2cc(Br)ccc2OCc2ccccc2F)C(=O)N1Cc1ccccc1F. The molecule has 162 valence electrons. The molecule has 1 saturated heterocycles. The molecule has 4 rings (SSSR count). The van der Waals surface area contributed by atoms with E-state index in [1.165, 1.54) is 30.3 Å². The number of hydrogen-bond donors (Lipinski definition) is 1. The number of carbonyl (C=O) groups excluding carboxylic acids is 2. The van der Waals surface area contributed by atoms with Gasteiger partial charge in [0.2, 0.25) is 0 Å². The molecule has 3 aromatic carbocycles. The Bertz CT molecular complexity index is 1230. The van der Waals surface area contributed by atoms with Gasteiger partial charge in [0, 0.05) is 21.2 Å². The highest BCUT2D eigenvalue weighted by Gasteiger charge is 2.34. The lowest BCUT2D eigenvalue weighted by Crippen LogP contribution is -2.30. The van der Waals surface area contributed by atoms with Crippen molar-refractivity contribution in [3.8, 4) is 5.75 Å². The van der Waals surface area contributed by atoms with E-state index in [-0.39, 0.29) is 30.2 Å². The van der Waals surface area contributed by atoms with Crippen molar-refractivity contribution in [3.05, 3.63) is 105 Å². The maximum Gasteiger partial charge on any atom is 0.329 e. The molecule has 5 nitrogen and oxygen atoms in total. The summed E-state index contributed by atoms with van der Waals surface area (Å²) in [5, 5.41) is 2.52. The number of amides is 3. The topological polar surface area (TPSA) is 58.6 Å². The Morgan fingerprint density at radius 1 is 0.938 bits per heavy atom. The van der Waals surface area contributed by atoms with Crippen LogP contribution in [0, 0.1) is 11.6 Å². The van der Waals surface area contributed by atoms with Gasteiger partial charge in [0.05, 0.1) is 6.54 Å². The second kappa shape index (κ2) is 9.32. The minimum absolute atomic E-state index is 0.00973. The van der Waals surface area contributed by atoms with Crippen molar-refractivity contribution in [1.29, 1.82) is 0 Å². The Morgan fingerprint density at radius 2 is 1.59 bits per heavy atom. The van der Waals surface area contributed by atoms with Crippen LogP contribution in [0.3, 0.4) is 0 Å². The number of carbonyl (C=O) groups is 2. The molecule has 0 aliphatic carbocycles. The zero-order chi connectivity index (χ0) is 22.7. The lowest BCUT2D eigenvalue weighted by atomic mass is 10.1. The number of imide groups is 1. The Kier molecular flexibility index (Phi) is 6.32. The Morgan fingerprint density at radius 3 is 2.28 bits per heavy atom. The summed E-state index contributed by atoms with van der Waals surface area (Å²) in [6.45, 7) is -0.200. The summed E-state index contributed by atoms with van der Waals surface area (Å²) in [5.41, 5.74) is 1.15. The molecule has 0 spiro atoms. The maximum absolute atomic E-state index is 14.0. The van der Waals surface area contributed by atoms with Gasteiger partial charge < -0.3 is 10.1 Å². The van der Waals surface area contributed by atoms with E-state index in [2.05, 4.69) is 21.2 Å². The monoisotopic (exact) mass is 498 g/mol. The van der Waals surface area contributed by atoms with E-state index >= 15 is 0 Å². The first-order valence-corrected chi connectivity index (χ1v) is 10.5. The highest BCUT2D eigenvalue weighted by Crippen LogP contribution is 2.28. The average Bonchev–Trinajstić information content (AvgIpc) is 3.03. The summed E-state index contributed by atoms with van der Waals surface area (Å²) in [6, 6.07) is 16.7. The summed E-state index contributed by atoms with van der Waals surface area (Å²) in [4.78, 5) is 26.1. The van der Waals surface area contributed by atoms with Crippen molar-refractivity contribution in [1.82, 2.24) is 10.2 Å². The molecule has 0 saturated carbocycles. The molecule has 0 unspecified atom stereocenters. The van der Waals surface area contributed by atoms with Gasteiger partial charge in [-0.3, -0.25) is 9.69 Å². The number of ether oxygens (including phenoxy) is 1. The van der Waals surface area contributed by atoms with Crippen molar-refractivity contribution in [2.24, 2.45) is 0 Å². The average molecular weight is 499 g/mol. The van der Waals surface area contributed by atoms with Gasteiger partial charge in [0.25, 0.3) is 5.91 Å². The summed E-state index contributed by atoms with van der Waals surface area (Å²) < 4.78 is 34.4. The highest BCUT2D eigenvalue weighted by molar-refractivity contribution is 9.10. The third kappa shape index (κ3) is 4.70. The predicted octanol–water partition coefficient (Wildman–Crippen LogP) is 5.40. The summed E-state index contributed by atoms with van der Waals surface area (Å²) in [6.07, 6.45) is 1.48. The molecule has 1 heterocycles. The minimum atomic E-state index is -0.645. The zero-order valence-electron chi connectivity index (χ0n) is 16.6. The second-order valence-electron chi connectivity index (χ2n) is 7.03. The Labute approximate surface area is 191 Å². The van der Waals surface area contributed by atoms with Crippen molar-refractivity contribution in [2.75, 3.05) is 0 Å². The van der Waals surface area contributed by atoms with Crippen LogP contribution in [0.5, 0.6) is 5.75 Å². The normalized spacial score (nSPS) is 14.7. The van der Waals surface area contributed by atoms with Gasteiger partial charge in [-0.15, -0.1) is 0 Å². The first kappa shape index (κ1) is 21.7. The van der Waals surface area contributed by atoms with E-state index in [4.69, 9.17) is 4.74 Å². The van der Waals surface area contributed by atoms with Crippen molar-refractivity contribution < 1.29 is 23.1 Å². The van der Waals surface area contributed by atoms with Crippen LogP contribution in [0.4, 0.5) is 13.6 Å². The van der Waals surface area contributed by atoms with Crippen LogP contribution in [0.2, 0.25) is 0 Å². The van der Waals surface area contributed by atoms with Crippen LogP contribution in [-0.2, 0) is 17.9 Å². The van der Waals surface area contributed by atoms with Crippen LogP contribution >= 0.6 is 15.9 Å². The molecule has 1 aliphatic rings. The van der Waals surface area contributed by atoms with E-state index in [0.29, 0.717) is 16.9 Å². The third-order valence-electron chi connectivity index (χ3n) is 4.86. The third-order valence-corrected chi connectivity index (χ3v) is 5.35. The number of urea groups is 1. The quantitative estimate of drug-likeness (QED) is 0.365. The maximum atomic E-state index is 14.0. The number of halogens is 3. The molecule has 1 fully saturated rings. The van der Waals surface area contributed by atoms with Crippen LogP contribution < -0.4 is 10.1 Å². The van der Waals surface area contributed by atoms with Crippen molar-refractivity contribution >= 4 is 33.9 Å². The smallest absolute Gasteiger partial charge is 0.329 e. The van der Waals surface area contributed by atoms with E-state index in [9.17, 15) is 18.4 Å². The molecule has 3 aromatic rings. The molecule has 0 bridgehead atoms. The second-order valence-corrected chi connectivity index (χ2v) is 7.95. The van der Waals surface area contributed by atoms with E-state index < -0.39 is 17.8 Å². The van der Waals surface area contributed by atoms with Crippen LogP contribution in [0.1, 0.15) is 16.7 Å². The zero-order valence-corrected chi connectivity index (χ0v) is 18.2. The van der Waals surface area contributed by atoms with Gasteiger partial charge >= 0.3 is 6.03 Å². The number of benzene rings is 3.